The molecule has 1 aromatic carbocycles. The standard InChI is InChI=1S/C14H12F3NO3S/c1-3-20-13(19)11-7(2)18-12(22-11)9-6-8(15)4-5-10(9)21-14(16)17/h4-6,14H,3H2,1-2H3. The van der Waals surface area contributed by atoms with Crippen molar-refractivity contribution in [3.05, 3.63) is 34.6 Å². The minimum atomic E-state index is -3.05. The van der Waals surface area contributed by atoms with Crippen LogP contribution in [0.3, 0.4) is 0 Å². The number of rotatable bonds is 5. The largest absolute Gasteiger partial charge is 0.462 e. The van der Waals surface area contributed by atoms with E-state index in [-0.39, 0.29) is 27.8 Å². The third-order valence-electron chi connectivity index (χ3n) is 2.65. The number of esters is 1. The van der Waals surface area contributed by atoms with Crippen LogP contribution in [0.2, 0.25) is 0 Å². The number of hydrogen-bond donors (Lipinski definition) is 0. The van der Waals surface area contributed by atoms with Crippen LogP contribution in [0.15, 0.2) is 18.2 Å². The zero-order chi connectivity index (χ0) is 16.3. The molecule has 0 spiro atoms. The Labute approximate surface area is 128 Å². The summed E-state index contributed by atoms with van der Waals surface area (Å²) in [6, 6.07) is 3.14. The first-order valence-corrected chi connectivity index (χ1v) is 7.13. The van der Waals surface area contributed by atoms with Crippen molar-refractivity contribution >= 4 is 17.3 Å². The summed E-state index contributed by atoms with van der Waals surface area (Å²) in [6.07, 6.45) is 0. The zero-order valence-electron chi connectivity index (χ0n) is 11.7. The van der Waals surface area contributed by atoms with Crippen molar-refractivity contribution in [2.45, 2.75) is 20.5 Å². The minimum Gasteiger partial charge on any atom is -0.462 e. The second-order valence-electron chi connectivity index (χ2n) is 4.17. The van der Waals surface area contributed by atoms with Crippen LogP contribution in [0.1, 0.15) is 22.3 Å². The topological polar surface area (TPSA) is 48.4 Å². The Morgan fingerprint density at radius 3 is 2.77 bits per heavy atom. The van der Waals surface area contributed by atoms with E-state index in [4.69, 9.17) is 4.74 Å². The summed E-state index contributed by atoms with van der Waals surface area (Å²) >= 11 is 0.933. The van der Waals surface area contributed by atoms with E-state index in [0.29, 0.717) is 5.69 Å². The average Bonchev–Trinajstić information content (AvgIpc) is 2.82. The van der Waals surface area contributed by atoms with Gasteiger partial charge < -0.3 is 9.47 Å². The second-order valence-corrected chi connectivity index (χ2v) is 5.17. The van der Waals surface area contributed by atoms with Crippen molar-refractivity contribution in [1.29, 1.82) is 0 Å². The summed E-state index contributed by atoms with van der Waals surface area (Å²) in [4.78, 5) is 16.1. The van der Waals surface area contributed by atoms with Crippen LogP contribution in [-0.4, -0.2) is 24.2 Å². The maximum atomic E-state index is 13.4. The van der Waals surface area contributed by atoms with E-state index in [1.165, 1.54) is 0 Å². The SMILES string of the molecule is CCOC(=O)c1sc(-c2cc(F)ccc2OC(F)F)nc1C. The lowest BCUT2D eigenvalue weighted by Gasteiger charge is -2.08. The van der Waals surface area contributed by atoms with Gasteiger partial charge in [-0.1, -0.05) is 0 Å². The van der Waals surface area contributed by atoms with E-state index in [1.807, 2.05) is 0 Å². The van der Waals surface area contributed by atoms with Crippen molar-refractivity contribution in [3.8, 4) is 16.3 Å². The first-order chi connectivity index (χ1) is 10.4. The molecule has 0 amide bonds. The molecule has 0 radical (unpaired) electrons. The highest BCUT2D eigenvalue weighted by molar-refractivity contribution is 7.17. The Kier molecular flexibility index (Phi) is 5.02. The molecule has 0 atom stereocenters. The van der Waals surface area contributed by atoms with Crippen LogP contribution >= 0.6 is 11.3 Å². The third-order valence-corrected chi connectivity index (χ3v) is 3.82. The molecule has 0 saturated carbocycles. The molecule has 0 aliphatic heterocycles. The van der Waals surface area contributed by atoms with Crippen LogP contribution in [0.5, 0.6) is 5.75 Å². The number of aryl methyl sites for hydroxylation is 1. The molecule has 4 nitrogen and oxygen atoms in total. The normalized spacial score (nSPS) is 10.8. The molecule has 0 unspecified atom stereocenters. The van der Waals surface area contributed by atoms with E-state index in [0.717, 1.165) is 29.5 Å². The van der Waals surface area contributed by atoms with Crippen molar-refractivity contribution in [2.24, 2.45) is 0 Å². The zero-order valence-corrected chi connectivity index (χ0v) is 12.5. The number of hydrogen-bond acceptors (Lipinski definition) is 5. The highest BCUT2D eigenvalue weighted by Crippen LogP contribution is 2.36. The van der Waals surface area contributed by atoms with E-state index >= 15 is 0 Å². The summed E-state index contributed by atoms with van der Waals surface area (Å²) in [5.74, 6) is -1.39. The molecule has 0 fully saturated rings. The van der Waals surface area contributed by atoms with E-state index in [1.54, 1.807) is 13.8 Å². The molecule has 22 heavy (non-hydrogen) atoms. The predicted octanol–water partition coefficient (Wildman–Crippen LogP) is 4.04. The quantitative estimate of drug-likeness (QED) is 0.776. The molecule has 0 bridgehead atoms. The fourth-order valence-corrected chi connectivity index (χ4v) is 2.75. The number of thiazole rings is 1. The Morgan fingerprint density at radius 2 is 2.14 bits per heavy atom. The first-order valence-electron chi connectivity index (χ1n) is 6.31. The van der Waals surface area contributed by atoms with Gasteiger partial charge in [0.15, 0.2) is 0 Å². The van der Waals surface area contributed by atoms with Gasteiger partial charge in [-0.05, 0) is 32.0 Å². The van der Waals surface area contributed by atoms with Gasteiger partial charge in [0.25, 0.3) is 0 Å². The maximum Gasteiger partial charge on any atom is 0.387 e. The molecule has 0 aliphatic carbocycles. The van der Waals surface area contributed by atoms with E-state index in [9.17, 15) is 18.0 Å². The predicted molar refractivity (Wildman–Crippen MR) is 74.8 cm³/mol. The number of carbonyl (C=O) groups is 1. The Morgan fingerprint density at radius 1 is 1.41 bits per heavy atom. The van der Waals surface area contributed by atoms with Crippen LogP contribution in [-0.2, 0) is 4.74 Å². The van der Waals surface area contributed by atoms with Gasteiger partial charge in [-0.2, -0.15) is 8.78 Å². The maximum absolute atomic E-state index is 13.4. The Balaban J connectivity index is 2.45. The monoisotopic (exact) mass is 331 g/mol. The van der Waals surface area contributed by atoms with Gasteiger partial charge >= 0.3 is 12.6 Å². The highest BCUT2D eigenvalue weighted by atomic mass is 32.1. The minimum absolute atomic E-state index is 0.0592. The van der Waals surface area contributed by atoms with Gasteiger partial charge in [0.2, 0.25) is 0 Å². The van der Waals surface area contributed by atoms with Gasteiger partial charge in [-0.15, -0.1) is 11.3 Å². The average molecular weight is 331 g/mol. The van der Waals surface area contributed by atoms with Crippen molar-refractivity contribution in [3.63, 3.8) is 0 Å². The summed E-state index contributed by atoms with van der Waals surface area (Å²) in [5, 5.41) is 0.204. The summed E-state index contributed by atoms with van der Waals surface area (Å²) in [5.41, 5.74) is 0.439. The number of benzene rings is 1. The van der Waals surface area contributed by atoms with Gasteiger partial charge in [0, 0.05) is 0 Å². The molecule has 0 saturated heterocycles. The van der Waals surface area contributed by atoms with Gasteiger partial charge in [0.05, 0.1) is 17.9 Å². The van der Waals surface area contributed by atoms with Crippen molar-refractivity contribution < 1.29 is 27.4 Å². The lowest BCUT2D eigenvalue weighted by atomic mass is 10.2. The molecule has 118 valence electrons. The Hall–Kier alpha value is -2.09. The number of nitrogens with zero attached hydrogens (tertiary/aromatic N) is 1. The number of aromatic nitrogens is 1. The smallest absolute Gasteiger partial charge is 0.387 e. The van der Waals surface area contributed by atoms with Crippen LogP contribution < -0.4 is 4.74 Å². The number of ether oxygens (including phenoxy) is 2. The summed E-state index contributed by atoms with van der Waals surface area (Å²) in [6.45, 7) is 0.399. The molecular weight excluding hydrogens is 319 g/mol. The molecule has 0 N–H and O–H groups in total. The van der Waals surface area contributed by atoms with Gasteiger partial charge in [-0.25, -0.2) is 14.2 Å². The fraction of sp³-hybridized carbons (Fsp3) is 0.286. The molecule has 8 heteroatoms. The van der Waals surface area contributed by atoms with Gasteiger partial charge in [-0.3, -0.25) is 0 Å². The molecule has 2 aromatic rings. The summed E-state index contributed by atoms with van der Waals surface area (Å²) in [7, 11) is 0. The van der Waals surface area contributed by atoms with E-state index < -0.39 is 18.4 Å². The van der Waals surface area contributed by atoms with Crippen LogP contribution in [0.4, 0.5) is 13.2 Å². The van der Waals surface area contributed by atoms with Gasteiger partial charge in [0.1, 0.15) is 21.5 Å². The number of alkyl halides is 2. The molecule has 1 aromatic heterocycles. The highest BCUT2D eigenvalue weighted by Gasteiger charge is 2.20. The van der Waals surface area contributed by atoms with Crippen LogP contribution in [0.25, 0.3) is 10.6 Å². The fourth-order valence-electron chi connectivity index (χ4n) is 1.77. The van der Waals surface area contributed by atoms with Crippen molar-refractivity contribution in [2.75, 3.05) is 6.61 Å². The molecular formula is C14H12F3NO3S. The molecule has 2 rings (SSSR count). The number of halogens is 3. The lowest BCUT2D eigenvalue weighted by molar-refractivity contribution is -0.0495. The van der Waals surface area contributed by atoms with Crippen molar-refractivity contribution in [1.82, 2.24) is 4.98 Å². The Bertz CT molecular complexity index is 688. The second kappa shape index (κ2) is 6.78. The van der Waals surface area contributed by atoms with E-state index in [2.05, 4.69) is 9.72 Å². The number of carbonyl (C=O) groups excluding carboxylic acids is 1. The van der Waals surface area contributed by atoms with Crippen LogP contribution in [0, 0.1) is 12.7 Å². The molecule has 1 heterocycles. The summed E-state index contributed by atoms with van der Waals surface area (Å²) < 4.78 is 47.5. The molecule has 0 aliphatic rings. The lowest BCUT2D eigenvalue weighted by Crippen LogP contribution is -2.03. The third kappa shape index (κ3) is 3.56. The first kappa shape index (κ1) is 16.3.